The maximum atomic E-state index is 11.6. The van der Waals surface area contributed by atoms with Crippen molar-refractivity contribution in [3.63, 3.8) is 0 Å². The Morgan fingerprint density at radius 1 is 1.06 bits per heavy atom. The van der Waals surface area contributed by atoms with Crippen LogP contribution in [0.1, 0.15) is 25.3 Å². The Kier molecular flexibility index (Phi) is 3.28. The van der Waals surface area contributed by atoms with Crippen LogP contribution >= 0.6 is 0 Å². The van der Waals surface area contributed by atoms with Gasteiger partial charge in [0, 0.05) is 17.5 Å². The van der Waals surface area contributed by atoms with E-state index in [2.05, 4.69) is 18.8 Å². The summed E-state index contributed by atoms with van der Waals surface area (Å²) in [4.78, 5) is 14.5. The van der Waals surface area contributed by atoms with E-state index in [4.69, 9.17) is 9.47 Å². The van der Waals surface area contributed by atoms with Crippen molar-refractivity contribution >= 4 is 10.9 Å². The van der Waals surface area contributed by atoms with Gasteiger partial charge in [-0.3, -0.25) is 4.79 Å². The first-order valence-electron chi connectivity index (χ1n) is 5.85. The number of hydrogen-bond donors (Lipinski definition) is 1. The van der Waals surface area contributed by atoms with Crippen LogP contribution in [-0.4, -0.2) is 19.2 Å². The van der Waals surface area contributed by atoms with E-state index in [1.54, 1.807) is 26.4 Å². The van der Waals surface area contributed by atoms with Crippen molar-refractivity contribution < 1.29 is 9.47 Å². The lowest BCUT2D eigenvalue weighted by atomic mass is 9.98. The van der Waals surface area contributed by atoms with E-state index in [1.165, 1.54) is 0 Å². The van der Waals surface area contributed by atoms with Crippen LogP contribution in [0, 0.1) is 0 Å². The van der Waals surface area contributed by atoms with E-state index < -0.39 is 0 Å². The largest absolute Gasteiger partial charge is 0.493 e. The summed E-state index contributed by atoms with van der Waals surface area (Å²) in [5, 5.41) is 0.988. The number of ether oxygens (including phenoxy) is 2. The highest BCUT2D eigenvalue weighted by Gasteiger charge is 2.12. The molecule has 18 heavy (non-hydrogen) atoms. The molecular formula is C14H17NO3. The normalized spacial score (nSPS) is 10.9. The Morgan fingerprint density at radius 3 is 2.22 bits per heavy atom. The van der Waals surface area contributed by atoms with E-state index in [1.807, 2.05) is 6.07 Å². The van der Waals surface area contributed by atoms with Gasteiger partial charge in [-0.1, -0.05) is 13.8 Å². The highest BCUT2D eigenvalue weighted by atomic mass is 16.5. The highest BCUT2D eigenvalue weighted by Crippen LogP contribution is 2.33. The van der Waals surface area contributed by atoms with Gasteiger partial charge in [-0.15, -0.1) is 0 Å². The summed E-state index contributed by atoms with van der Waals surface area (Å²) < 4.78 is 10.5. The molecule has 0 amide bonds. The van der Waals surface area contributed by atoms with Gasteiger partial charge in [-0.25, -0.2) is 0 Å². The molecule has 96 valence electrons. The highest BCUT2D eigenvalue weighted by molar-refractivity contribution is 5.86. The van der Waals surface area contributed by atoms with Gasteiger partial charge in [0.15, 0.2) is 11.5 Å². The van der Waals surface area contributed by atoms with Crippen molar-refractivity contribution in [2.75, 3.05) is 14.2 Å². The molecule has 0 radical (unpaired) electrons. The third-order valence-electron chi connectivity index (χ3n) is 3.00. The molecule has 2 rings (SSSR count). The molecule has 0 atom stereocenters. The van der Waals surface area contributed by atoms with Crippen LogP contribution in [-0.2, 0) is 0 Å². The molecule has 4 heteroatoms. The summed E-state index contributed by atoms with van der Waals surface area (Å²) in [6, 6.07) is 5.33. The van der Waals surface area contributed by atoms with Gasteiger partial charge < -0.3 is 14.5 Å². The molecule has 0 aliphatic rings. The van der Waals surface area contributed by atoms with Crippen LogP contribution in [0.25, 0.3) is 10.9 Å². The first-order valence-corrected chi connectivity index (χ1v) is 5.85. The first-order chi connectivity index (χ1) is 8.56. The molecule has 1 aromatic carbocycles. The Bertz CT molecular complexity index is 629. The number of rotatable bonds is 3. The van der Waals surface area contributed by atoms with Crippen LogP contribution in [0.3, 0.4) is 0 Å². The Balaban J connectivity index is 2.83. The summed E-state index contributed by atoms with van der Waals surface area (Å²) in [5.41, 5.74) is 1.68. The lowest BCUT2D eigenvalue weighted by molar-refractivity contribution is 0.355. The van der Waals surface area contributed by atoms with Crippen molar-refractivity contribution in [1.29, 1.82) is 0 Å². The number of pyridine rings is 1. The fourth-order valence-corrected chi connectivity index (χ4v) is 2.09. The number of nitrogens with one attached hydrogen (secondary N) is 1. The summed E-state index contributed by atoms with van der Waals surface area (Å²) in [6.07, 6.45) is 0. The van der Waals surface area contributed by atoms with Crippen molar-refractivity contribution in [3.05, 3.63) is 34.1 Å². The average molecular weight is 247 g/mol. The van der Waals surface area contributed by atoms with E-state index >= 15 is 0 Å². The fraction of sp³-hybridized carbons (Fsp3) is 0.357. The van der Waals surface area contributed by atoms with Gasteiger partial charge in [-0.2, -0.15) is 0 Å². The smallest absolute Gasteiger partial charge is 0.248 e. The Hall–Kier alpha value is -1.97. The molecule has 1 heterocycles. The van der Waals surface area contributed by atoms with Gasteiger partial charge in [0.2, 0.25) is 5.56 Å². The summed E-state index contributed by atoms with van der Waals surface area (Å²) in [7, 11) is 3.18. The second-order valence-electron chi connectivity index (χ2n) is 4.50. The molecule has 0 unspecified atom stereocenters. The van der Waals surface area contributed by atoms with Crippen LogP contribution in [0.5, 0.6) is 11.5 Å². The molecule has 1 aromatic heterocycles. The van der Waals surface area contributed by atoms with Crippen molar-refractivity contribution in [2.45, 2.75) is 19.8 Å². The summed E-state index contributed by atoms with van der Waals surface area (Å²) in [6.45, 7) is 4.12. The number of fused-ring (bicyclic) bond motifs is 1. The Labute approximate surface area is 106 Å². The minimum Gasteiger partial charge on any atom is -0.493 e. The van der Waals surface area contributed by atoms with Crippen LogP contribution < -0.4 is 15.0 Å². The number of H-pyrrole nitrogens is 1. The molecular weight excluding hydrogens is 230 g/mol. The number of aromatic amines is 1. The van der Waals surface area contributed by atoms with Crippen molar-refractivity contribution in [1.82, 2.24) is 4.98 Å². The first kappa shape index (κ1) is 12.5. The second kappa shape index (κ2) is 4.72. The molecule has 0 bridgehead atoms. The number of aromatic nitrogens is 1. The third kappa shape index (κ3) is 2.06. The zero-order valence-electron chi connectivity index (χ0n) is 11.0. The van der Waals surface area contributed by atoms with Crippen LogP contribution in [0.2, 0.25) is 0 Å². The number of hydrogen-bond acceptors (Lipinski definition) is 3. The molecule has 4 nitrogen and oxygen atoms in total. The lowest BCUT2D eigenvalue weighted by Crippen LogP contribution is -2.08. The third-order valence-corrected chi connectivity index (χ3v) is 3.00. The van der Waals surface area contributed by atoms with E-state index in [-0.39, 0.29) is 11.5 Å². The SMILES string of the molecule is COc1cc2[nH]c(=O)cc(C(C)C)c2cc1OC. The van der Waals surface area contributed by atoms with Crippen LogP contribution in [0.15, 0.2) is 23.0 Å². The van der Waals surface area contributed by atoms with E-state index in [0.29, 0.717) is 11.5 Å². The number of methoxy groups -OCH3 is 2. The van der Waals surface area contributed by atoms with Crippen LogP contribution in [0.4, 0.5) is 0 Å². The average Bonchev–Trinajstić information content (AvgIpc) is 2.35. The molecule has 0 fully saturated rings. The topological polar surface area (TPSA) is 51.3 Å². The van der Waals surface area contributed by atoms with E-state index in [0.717, 1.165) is 16.5 Å². The molecule has 0 aliphatic heterocycles. The standard InChI is InChI=1S/C14H17NO3/c1-8(2)9-6-14(16)15-11-7-13(18-4)12(17-3)5-10(9)11/h5-8H,1-4H3,(H,15,16). The molecule has 2 aromatic rings. The van der Waals surface area contributed by atoms with Gasteiger partial charge >= 0.3 is 0 Å². The van der Waals surface area contributed by atoms with Crippen molar-refractivity contribution in [3.8, 4) is 11.5 Å². The summed E-state index contributed by atoms with van der Waals surface area (Å²) in [5.74, 6) is 1.55. The monoisotopic (exact) mass is 247 g/mol. The molecule has 1 N–H and O–H groups in total. The minimum absolute atomic E-state index is 0.0987. The predicted octanol–water partition coefficient (Wildman–Crippen LogP) is 2.67. The lowest BCUT2D eigenvalue weighted by Gasteiger charge is -2.13. The van der Waals surface area contributed by atoms with Crippen molar-refractivity contribution in [2.24, 2.45) is 0 Å². The maximum Gasteiger partial charge on any atom is 0.248 e. The van der Waals surface area contributed by atoms with E-state index in [9.17, 15) is 4.79 Å². The maximum absolute atomic E-state index is 11.6. The van der Waals surface area contributed by atoms with Gasteiger partial charge in [0.25, 0.3) is 0 Å². The predicted molar refractivity (Wildman–Crippen MR) is 71.8 cm³/mol. The van der Waals surface area contributed by atoms with Gasteiger partial charge in [0.1, 0.15) is 0 Å². The second-order valence-corrected chi connectivity index (χ2v) is 4.50. The van der Waals surface area contributed by atoms with Gasteiger partial charge in [0.05, 0.1) is 19.7 Å². The zero-order chi connectivity index (χ0) is 13.3. The fourth-order valence-electron chi connectivity index (χ4n) is 2.09. The summed E-state index contributed by atoms with van der Waals surface area (Å²) >= 11 is 0. The minimum atomic E-state index is -0.0987. The zero-order valence-corrected chi connectivity index (χ0v) is 11.0. The van der Waals surface area contributed by atoms with Gasteiger partial charge in [-0.05, 0) is 17.5 Å². The number of benzene rings is 1. The quantitative estimate of drug-likeness (QED) is 0.907. The molecule has 0 saturated carbocycles. The molecule has 0 aliphatic carbocycles. The molecule has 0 spiro atoms. The molecule has 0 saturated heterocycles. The Morgan fingerprint density at radius 2 is 1.67 bits per heavy atom.